The Hall–Kier alpha value is -7.24. The van der Waals surface area contributed by atoms with Gasteiger partial charge in [-0.25, -0.2) is 19.2 Å². The molecule has 0 saturated carbocycles. The zero-order chi connectivity index (χ0) is 59.1. The second-order valence-electron chi connectivity index (χ2n) is 22.9. The molecule has 2 aromatic heterocycles. The minimum absolute atomic E-state index is 0.0840. The Kier molecular flexibility index (Phi) is 23.3. The van der Waals surface area contributed by atoms with Crippen LogP contribution in [-0.4, -0.2) is 144 Å². The highest BCUT2D eigenvalue weighted by atomic mass is 16.6. The molecule has 436 valence electrons. The minimum atomic E-state index is -1.53. The lowest BCUT2D eigenvalue weighted by Gasteiger charge is -2.35. The number of benzene rings is 2. The topological polar surface area (TPSA) is 213 Å². The molecular formula is C62H84N4O14. The van der Waals surface area contributed by atoms with Crippen LogP contribution in [0.5, 0.6) is 0 Å². The molecule has 1 aliphatic rings. The summed E-state index contributed by atoms with van der Waals surface area (Å²) in [5.74, 6) is -5.91. The monoisotopic (exact) mass is 1110 g/mol. The van der Waals surface area contributed by atoms with Crippen molar-refractivity contribution in [2.45, 2.75) is 169 Å². The van der Waals surface area contributed by atoms with Crippen LogP contribution in [0, 0.1) is 23.7 Å². The van der Waals surface area contributed by atoms with E-state index >= 15 is 0 Å². The van der Waals surface area contributed by atoms with Gasteiger partial charge < -0.3 is 47.4 Å². The van der Waals surface area contributed by atoms with Gasteiger partial charge >= 0.3 is 23.9 Å². The van der Waals surface area contributed by atoms with Gasteiger partial charge in [0.15, 0.2) is 24.4 Å². The maximum Gasteiger partial charge on any atom is 0.329 e. The Labute approximate surface area is 471 Å². The first-order valence-electron chi connectivity index (χ1n) is 27.8. The van der Waals surface area contributed by atoms with Crippen LogP contribution >= 0.6 is 0 Å². The van der Waals surface area contributed by atoms with Crippen molar-refractivity contribution in [2.24, 2.45) is 23.7 Å². The third kappa shape index (κ3) is 17.9. The molecule has 8 atom stereocenters. The number of amides is 4. The minimum Gasteiger partial charge on any atom is -0.469 e. The van der Waals surface area contributed by atoms with Crippen molar-refractivity contribution in [3.05, 3.63) is 119 Å². The van der Waals surface area contributed by atoms with Crippen molar-refractivity contribution >= 4 is 47.5 Å². The first-order valence-corrected chi connectivity index (χ1v) is 27.8. The number of hydrogen-bond acceptors (Lipinski definition) is 14. The van der Waals surface area contributed by atoms with Gasteiger partial charge in [-0.05, 0) is 110 Å². The van der Waals surface area contributed by atoms with Gasteiger partial charge in [-0.2, -0.15) is 0 Å². The molecule has 0 aliphatic carbocycles. The first-order chi connectivity index (χ1) is 37.7. The molecule has 80 heavy (non-hydrogen) atoms. The molecule has 18 nitrogen and oxygen atoms in total. The molecule has 18 heteroatoms. The average Bonchev–Trinajstić information content (AvgIpc) is 4.14. The van der Waals surface area contributed by atoms with Crippen molar-refractivity contribution in [3.63, 3.8) is 0 Å². The average molecular weight is 1110 g/mol. The Morgan fingerprint density at radius 3 is 0.900 bits per heavy atom. The lowest BCUT2D eigenvalue weighted by atomic mass is 9.99. The van der Waals surface area contributed by atoms with Gasteiger partial charge in [0.25, 0.3) is 23.6 Å². The van der Waals surface area contributed by atoms with E-state index in [4.69, 9.17) is 27.8 Å². The summed E-state index contributed by atoms with van der Waals surface area (Å²) in [5.41, 5.74) is 3.08. The van der Waals surface area contributed by atoms with Gasteiger partial charge in [0.05, 0.1) is 12.5 Å². The summed E-state index contributed by atoms with van der Waals surface area (Å²) in [5, 5.41) is 0. The van der Waals surface area contributed by atoms with Crippen LogP contribution in [-0.2, 0) is 83.0 Å². The van der Waals surface area contributed by atoms with Crippen molar-refractivity contribution in [3.8, 4) is 0 Å². The number of carbonyl (C=O) groups is 8. The highest BCUT2D eigenvalue weighted by Crippen LogP contribution is 2.25. The van der Waals surface area contributed by atoms with E-state index in [1.54, 1.807) is 48.9 Å². The summed E-state index contributed by atoms with van der Waals surface area (Å²) in [4.78, 5) is 122. The first kappa shape index (κ1) is 63.6. The number of likely N-dealkylation sites (N-methyl/N-ethyl adjacent to an activating group) is 4. The number of cyclic esters (lactones) is 4. The smallest absolute Gasteiger partial charge is 0.329 e. The van der Waals surface area contributed by atoms with E-state index in [0.717, 1.165) is 42.2 Å². The second-order valence-corrected chi connectivity index (χ2v) is 22.9. The van der Waals surface area contributed by atoms with Crippen LogP contribution in [0.1, 0.15) is 129 Å². The standard InChI is InChI=1S/C62H84N4O14/c1-37(2)29-49-59(71)77-41(9)55(67)63(11)52(32-40(7)8)62(74)80-54(36-46-25-21-44(22-26-46)34-48-18-16-28-76-48)58(70)66(14)50(30-38(3)4)60(72)78-42(10)56(68)64(12)51(31-39(5)6)61(73)79-53(57(69)65(49)13)35-45-23-19-43(20-24-45)33-47-17-15-27-75-47/h15-28,37-42,49-54H,29-36H2,1-14H3/t41-,42-,49+,50+,51+,52+,53-,54-/m1/s1. The lowest BCUT2D eigenvalue weighted by molar-refractivity contribution is -0.176. The van der Waals surface area contributed by atoms with Gasteiger partial charge in [0.2, 0.25) is 0 Å². The third-order valence-corrected chi connectivity index (χ3v) is 14.3. The lowest BCUT2D eigenvalue weighted by Crippen LogP contribution is -2.55. The van der Waals surface area contributed by atoms with Crippen molar-refractivity contribution in [1.29, 1.82) is 0 Å². The van der Waals surface area contributed by atoms with Gasteiger partial charge in [0, 0.05) is 53.9 Å². The summed E-state index contributed by atoms with van der Waals surface area (Å²) in [6, 6.07) is 16.9. The highest BCUT2D eigenvalue weighted by molar-refractivity contribution is 5.94. The molecule has 1 aliphatic heterocycles. The molecule has 4 aromatic rings. The van der Waals surface area contributed by atoms with E-state index in [1.807, 2.05) is 91.8 Å². The molecule has 3 heterocycles. The maximum atomic E-state index is 15.0. The summed E-state index contributed by atoms with van der Waals surface area (Å²) in [6.45, 7) is 17.5. The fourth-order valence-electron chi connectivity index (χ4n) is 9.72. The molecule has 5 rings (SSSR count). The molecule has 0 spiro atoms. The van der Waals surface area contributed by atoms with Crippen molar-refractivity contribution in [1.82, 2.24) is 19.6 Å². The molecule has 2 aromatic carbocycles. The van der Waals surface area contributed by atoms with E-state index in [9.17, 15) is 38.4 Å². The quantitative estimate of drug-likeness (QED) is 0.0768. The summed E-state index contributed by atoms with van der Waals surface area (Å²) < 4.78 is 35.2. The zero-order valence-corrected chi connectivity index (χ0v) is 49.2. The Balaban J connectivity index is 1.59. The SMILES string of the molecule is CC(C)C[C@H]1C(=O)O[C@H](Cc2ccc(Cc3ccco3)cc2)C(=O)N(C)[C@@H](CC(C)C)C(=O)O[C@H](C)C(=O)N(C)[C@@H](CC(C)C)C(=O)O[C@H](Cc2ccc(Cc3ccco3)cc2)C(=O)N(C)[C@@H](CC(C)C)C(=O)O[C@H](C)C(=O)N1C. The molecule has 0 unspecified atom stereocenters. The van der Waals surface area contributed by atoms with Crippen LogP contribution in [0.15, 0.2) is 94.2 Å². The van der Waals surface area contributed by atoms with Crippen molar-refractivity contribution < 1.29 is 66.1 Å². The van der Waals surface area contributed by atoms with Crippen LogP contribution in [0.25, 0.3) is 0 Å². The summed E-state index contributed by atoms with van der Waals surface area (Å²) >= 11 is 0. The number of carbonyl (C=O) groups excluding carboxylic acids is 8. The van der Waals surface area contributed by atoms with Crippen molar-refractivity contribution in [2.75, 3.05) is 28.2 Å². The van der Waals surface area contributed by atoms with E-state index in [2.05, 4.69) is 0 Å². The molecule has 1 saturated heterocycles. The zero-order valence-electron chi connectivity index (χ0n) is 49.2. The number of ether oxygens (including phenoxy) is 4. The number of nitrogens with zero attached hydrogens (tertiary/aromatic N) is 4. The molecule has 4 amide bonds. The largest absolute Gasteiger partial charge is 0.469 e. The van der Waals surface area contributed by atoms with E-state index in [-0.39, 0.29) is 62.2 Å². The fraction of sp³-hybridized carbons (Fsp3) is 0.548. The third-order valence-electron chi connectivity index (χ3n) is 14.3. The molecule has 0 radical (unpaired) electrons. The van der Waals surface area contributed by atoms with Crippen LogP contribution < -0.4 is 0 Å². The molecular weight excluding hydrogens is 1020 g/mol. The predicted molar refractivity (Wildman–Crippen MR) is 298 cm³/mol. The summed E-state index contributed by atoms with van der Waals surface area (Å²) in [7, 11) is 5.57. The number of furan rings is 2. The predicted octanol–water partition coefficient (Wildman–Crippen LogP) is 8.03. The van der Waals surface area contributed by atoms with E-state index in [1.165, 1.54) is 42.0 Å². The highest BCUT2D eigenvalue weighted by Gasteiger charge is 2.43. The molecule has 0 N–H and O–H groups in total. The van der Waals surface area contributed by atoms with Gasteiger partial charge in [-0.3, -0.25) is 19.2 Å². The molecule has 0 bridgehead atoms. The van der Waals surface area contributed by atoms with Crippen LogP contribution in [0.4, 0.5) is 0 Å². The van der Waals surface area contributed by atoms with E-state index < -0.39 is 96.1 Å². The van der Waals surface area contributed by atoms with Crippen LogP contribution in [0.3, 0.4) is 0 Å². The maximum absolute atomic E-state index is 15.0. The van der Waals surface area contributed by atoms with Gasteiger partial charge in [0.1, 0.15) is 35.7 Å². The van der Waals surface area contributed by atoms with Gasteiger partial charge in [-0.1, -0.05) is 104 Å². The number of rotatable bonds is 16. The summed E-state index contributed by atoms with van der Waals surface area (Å²) in [6.07, 6.45) is -1.75. The van der Waals surface area contributed by atoms with Crippen LogP contribution in [0.2, 0.25) is 0 Å². The molecule has 1 fully saturated rings. The van der Waals surface area contributed by atoms with E-state index in [0.29, 0.717) is 24.0 Å². The second kappa shape index (κ2) is 29.3. The Morgan fingerprint density at radius 2 is 0.637 bits per heavy atom. The Bertz CT molecular complexity index is 2480. The van der Waals surface area contributed by atoms with Gasteiger partial charge in [-0.15, -0.1) is 0 Å². The Morgan fingerprint density at radius 1 is 0.375 bits per heavy atom. The number of hydrogen-bond donors (Lipinski definition) is 0. The normalized spacial score (nSPS) is 23.2. The fourth-order valence-corrected chi connectivity index (χ4v) is 9.72. The number of esters is 4.